The van der Waals surface area contributed by atoms with Crippen LogP contribution in [-0.2, 0) is 4.79 Å². The number of benzene rings is 1. The highest BCUT2D eigenvalue weighted by atomic mass is 16.5. The van der Waals surface area contributed by atoms with Gasteiger partial charge in [-0.15, -0.1) is 0 Å². The van der Waals surface area contributed by atoms with E-state index in [0.29, 0.717) is 19.4 Å². The summed E-state index contributed by atoms with van der Waals surface area (Å²) < 4.78 is 5.27. The number of hydrogen-bond acceptors (Lipinski definition) is 3. The second-order valence-corrected chi connectivity index (χ2v) is 7.26. The maximum Gasteiger partial charge on any atom is 0.223 e. The molecule has 1 saturated heterocycles. The minimum atomic E-state index is -0.619. The Labute approximate surface area is 144 Å². The summed E-state index contributed by atoms with van der Waals surface area (Å²) in [6, 6.07) is 7.99. The molecule has 1 aliphatic heterocycles. The lowest BCUT2D eigenvalue weighted by atomic mass is 9.66. The van der Waals surface area contributed by atoms with Gasteiger partial charge in [0.15, 0.2) is 0 Å². The molecule has 1 aromatic rings. The zero-order valence-electron chi connectivity index (χ0n) is 14.8. The number of rotatable bonds is 4. The fraction of sp³-hybridized carbons (Fsp3) is 0.650. The minimum Gasteiger partial charge on any atom is -0.497 e. The quantitative estimate of drug-likeness (QED) is 0.915. The Balaban J connectivity index is 1.96. The molecule has 132 valence electrons. The first-order valence-electron chi connectivity index (χ1n) is 9.25. The van der Waals surface area contributed by atoms with Gasteiger partial charge >= 0.3 is 0 Å². The van der Waals surface area contributed by atoms with Crippen LogP contribution in [0.15, 0.2) is 24.3 Å². The molecule has 3 atom stereocenters. The van der Waals surface area contributed by atoms with Crippen molar-refractivity contribution in [3.05, 3.63) is 29.8 Å². The molecule has 1 saturated carbocycles. The molecular formula is C20H29NO3. The van der Waals surface area contributed by atoms with Crippen molar-refractivity contribution >= 4 is 5.91 Å². The van der Waals surface area contributed by atoms with Crippen molar-refractivity contribution in [3.63, 3.8) is 0 Å². The van der Waals surface area contributed by atoms with E-state index >= 15 is 0 Å². The smallest absolute Gasteiger partial charge is 0.223 e. The first kappa shape index (κ1) is 17.3. The molecule has 2 aliphatic rings. The average Bonchev–Trinajstić information content (AvgIpc) is 2.60. The summed E-state index contributed by atoms with van der Waals surface area (Å²) in [6.07, 6.45) is 6.22. The van der Waals surface area contributed by atoms with E-state index in [2.05, 4.69) is 12.1 Å². The SMILES string of the molecule is CCCC(=O)N1CCC2(O)CCCCC2C1c1ccc(OC)cc1. The topological polar surface area (TPSA) is 49.8 Å². The summed E-state index contributed by atoms with van der Waals surface area (Å²) >= 11 is 0. The van der Waals surface area contributed by atoms with Crippen LogP contribution in [0.2, 0.25) is 0 Å². The first-order chi connectivity index (χ1) is 11.6. The van der Waals surface area contributed by atoms with Gasteiger partial charge in [0.05, 0.1) is 18.8 Å². The van der Waals surface area contributed by atoms with Crippen LogP contribution in [0.1, 0.15) is 63.5 Å². The largest absolute Gasteiger partial charge is 0.497 e. The molecule has 4 heteroatoms. The van der Waals surface area contributed by atoms with Crippen molar-refractivity contribution in [3.8, 4) is 5.75 Å². The predicted molar refractivity (Wildman–Crippen MR) is 93.9 cm³/mol. The fourth-order valence-electron chi connectivity index (χ4n) is 4.53. The Morgan fingerprint density at radius 2 is 2.04 bits per heavy atom. The highest BCUT2D eigenvalue weighted by Crippen LogP contribution is 2.49. The number of ether oxygens (including phenoxy) is 1. The van der Waals surface area contributed by atoms with Crippen LogP contribution in [0.25, 0.3) is 0 Å². The van der Waals surface area contributed by atoms with Crippen molar-refractivity contribution in [1.29, 1.82) is 0 Å². The van der Waals surface area contributed by atoms with Crippen LogP contribution >= 0.6 is 0 Å². The molecule has 1 amide bonds. The third kappa shape index (κ3) is 3.16. The predicted octanol–water partition coefficient (Wildman–Crippen LogP) is 3.69. The number of carbonyl (C=O) groups is 1. The van der Waals surface area contributed by atoms with Crippen LogP contribution in [-0.4, -0.2) is 35.2 Å². The lowest BCUT2D eigenvalue weighted by Gasteiger charge is -2.52. The van der Waals surface area contributed by atoms with Crippen molar-refractivity contribution in [2.24, 2.45) is 5.92 Å². The summed E-state index contributed by atoms with van der Waals surface area (Å²) in [5.74, 6) is 1.17. The Hall–Kier alpha value is -1.55. The van der Waals surface area contributed by atoms with Gasteiger partial charge in [0, 0.05) is 18.9 Å². The number of carbonyl (C=O) groups excluding carboxylic acids is 1. The number of fused-ring (bicyclic) bond motifs is 1. The Bertz CT molecular complexity index is 571. The number of nitrogens with zero attached hydrogens (tertiary/aromatic N) is 1. The molecule has 24 heavy (non-hydrogen) atoms. The van der Waals surface area contributed by atoms with Crippen molar-refractivity contribution in [2.75, 3.05) is 13.7 Å². The molecule has 4 nitrogen and oxygen atoms in total. The monoisotopic (exact) mass is 331 g/mol. The van der Waals surface area contributed by atoms with Crippen LogP contribution in [0, 0.1) is 5.92 Å². The third-order valence-electron chi connectivity index (χ3n) is 5.81. The molecule has 0 radical (unpaired) electrons. The number of likely N-dealkylation sites (tertiary alicyclic amines) is 1. The van der Waals surface area contributed by atoms with Gasteiger partial charge in [0.1, 0.15) is 5.75 Å². The molecule has 1 heterocycles. The molecular weight excluding hydrogens is 302 g/mol. The zero-order chi connectivity index (χ0) is 17.2. The average molecular weight is 331 g/mol. The zero-order valence-corrected chi connectivity index (χ0v) is 14.8. The summed E-state index contributed by atoms with van der Waals surface area (Å²) in [6.45, 7) is 2.70. The summed E-state index contributed by atoms with van der Waals surface area (Å²) in [5, 5.41) is 11.2. The lowest BCUT2D eigenvalue weighted by Crippen LogP contribution is -2.56. The van der Waals surface area contributed by atoms with Gasteiger partial charge < -0.3 is 14.7 Å². The number of hydrogen-bond donors (Lipinski definition) is 1. The minimum absolute atomic E-state index is 0.0194. The number of methoxy groups -OCH3 is 1. The van der Waals surface area contributed by atoms with E-state index in [9.17, 15) is 9.90 Å². The van der Waals surface area contributed by atoms with E-state index in [1.807, 2.05) is 24.0 Å². The Kier molecular flexibility index (Phi) is 5.14. The maximum atomic E-state index is 12.7. The van der Waals surface area contributed by atoms with E-state index < -0.39 is 5.60 Å². The molecule has 1 aromatic carbocycles. The molecule has 0 spiro atoms. The number of piperidine rings is 1. The van der Waals surface area contributed by atoms with Gasteiger partial charge in [-0.05, 0) is 43.4 Å². The summed E-state index contributed by atoms with van der Waals surface area (Å²) in [4.78, 5) is 14.7. The second kappa shape index (κ2) is 7.14. The van der Waals surface area contributed by atoms with E-state index in [4.69, 9.17) is 4.74 Å². The standard InChI is InChI=1S/C20H29NO3/c1-3-6-18(22)21-14-13-20(23)12-5-4-7-17(20)19(21)15-8-10-16(24-2)11-9-15/h8-11,17,19,23H,3-7,12-14H2,1-2H3. The first-order valence-corrected chi connectivity index (χ1v) is 9.25. The molecule has 0 bridgehead atoms. The van der Waals surface area contributed by atoms with Crippen LogP contribution < -0.4 is 4.74 Å². The molecule has 3 rings (SSSR count). The van der Waals surface area contributed by atoms with E-state index in [1.54, 1.807) is 7.11 Å². The maximum absolute atomic E-state index is 12.7. The van der Waals surface area contributed by atoms with Crippen LogP contribution in [0.5, 0.6) is 5.75 Å². The lowest BCUT2D eigenvalue weighted by molar-refractivity contribution is -0.155. The summed E-state index contributed by atoms with van der Waals surface area (Å²) in [5.41, 5.74) is 0.497. The fourth-order valence-corrected chi connectivity index (χ4v) is 4.53. The van der Waals surface area contributed by atoms with Gasteiger partial charge in [0.2, 0.25) is 5.91 Å². The van der Waals surface area contributed by atoms with Gasteiger partial charge in [0.25, 0.3) is 0 Å². The van der Waals surface area contributed by atoms with E-state index in [0.717, 1.165) is 43.4 Å². The van der Waals surface area contributed by atoms with Gasteiger partial charge in [-0.3, -0.25) is 4.79 Å². The van der Waals surface area contributed by atoms with Gasteiger partial charge in [-0.2, -0.15) is 0 Å². The van der Waals surface area contributed by atoms with Crippen molar-refractivity contribution < 1.29 is 14.6 Å². The van der Waals surface area contributed by atoms with Crippen molar-refractivity contribution in [2.45, 2.75) is 63.5 Å². The van der Waals surface area contributed by atoms with Crippen LogP contribution in [0.4, 0.5) is 0 Å². The summed E-state index contributed by atoms with van der Waals surface area (Å²) in [7, 11) is 1.66. The number of aliphatic hydroxyl groups is 1. The van der Waals surface area contributed by atoms with Gasteiger partial charge in [-0.25, -0.2) is 0 Å². The molecule has 3 unspecified atom stereocenters. The highest BCUT2D eigenvalue weighted by molar-refractivity contribution is 5.77. The highest BCUT2D eigenvalue weighted by Gasteiger charge is 2.49. The Morgan fingerprint density at radius 1 is 1.29 bits per heavy atom. The normalized spacial score (nSPS) is 29.9. The molecule has 1 N–H and O–H groups in total. The van der Waals surface area contributed by atoms with Crippen LogP contribution in [0.3, 0.4) is 0 Å². The Morgan fingerprint density at radius 3 is 2.71 bits per heavy atom. The molecule has 0 aromatic heterocycles. The van der Waals surface area contributed by atoms with Gasteiger partial charge in [-0.1, -0.05) is 31.9 Å². The van der Waals surface area contributed by atoms with Crippen molar-refractivity contribution in [1.82, 2.24) is 4.90 Å². The second-order valence-electron chi connectivity index (χ2n) is 7.26. The third-order valence-corrected chi connectivity index (χ3v) is 5.81. The molecule has 2 fully saturated rings. The van der Waals surface area contributed by atoms with E-state index in [-0.39, 0.29) is 17.9 Å². The van der Waals surface area contributed by atoms with E-state index in [1.165, 1.54) is 0 Å². The number of amides is 1. The molecule has 1 aliphatic carbocycles.